The minimum atomic E-state index is 0.0113. The second kappa shape index (κ2) is 29.7. The number of allylic oxidation sites excluding steroid dienone is 2. The lowest BCUT2D eigenvalue weighted by molar-refractivity contribution is -0.124. The highest BCUT2D eigenvalue weighted by Crippen LogP contribution is 2.33. The molecule has 1 N–H and O–H groups in total. The van der Waals surface area contributed by atoms with Crippen molar-refractivity contribution in [2.75, 3.05) is 57.8 Å². The Morgan fingerprint density at radius 2 is 1.55 bits per heavy atom. The Bertz CT molecular complexity index is 2000. The number of piperidine rings is 1. The van der Waals surface area contributed by atoms with Gasteiger partial charge in [0.25, 0.3) is 0 Å². The zero-order chi connectivity index (χ0) is 48.6. The minimum absolute atomic E-state index is 0.0113. The summed E-state index contributed by atoms with van der Waals surface area (Å²) in [6, 6.07) is 21.8. The summed E-state index contributed by atoms with van der Waals surface area (Å²) < 4.78 is 12.5. The number of aryl methyl sites for hydroxylation is 2. The van der Waals surface area contributed by atoms with Gasteiger partial charge in [0, 0.05) is 69.1 Å². The van der Waals surface area contributed by atoms with E-state index in [0.29, 0.717) is 18.1 Å². The molecule has 3 aliphatic rings. The predicted molar refractivity (Wildman–Crippen MR) is 278 cm³/mol. The van der Waals surface area contributed by atoms with Crippen LogP contribution in [-0.4, -0.2) is 94.2 Å². The van der Waals surface area contributed by atoms with Gasteiger partial charge in [-0.3, -0.25) is 14.6 Å². The number of hydrogen-bond donors (Lipinski definition) is 1. The Morgan fingerprint density at radius 1 is 0.879 bits per heavy atom. The molecule has 9 heteroatoms. The number of likely N-dealkylation sites (tertiary alicyclic amines) is 1. The first-order chi connectivity index (χ1) is 31.8. The molecule has 66 heavy (non-hydrogen) atoms. The Hall–Kier alpha value is -4.86. The number of dihydropyridines is 1. The van der Waals surface area contributed by atoms with Gasteiger partial charge in [-0.2, -0.15) is 0 Å². The number of Topliss-reactive ketones (excluding diaryl/α,β-unsaturated/α-hetero) is 1. The molecule has 0 spiro atoms. The van der Waals surface area contributed by atoms with Crippen molar-refractivity contribution in [3.8, 4) is 16.9 Å². The number of ether oxygens (including phenoxy) is 2. The zero-order valence-corrected chi connectivity index (χ0v) is 42.6. The minimum Gasteiger partial charge on any atom is -0.494 e. The third kappa shape index (κ3) is 17.4. The molecule has 2 fully saturated rings. The molecule has 1 unspecified atom stereocenters. The number of carbonyl (C=O) groups excluding carboxylic acids is 3. The quantitative estimate of drug-likeness (QED) is 0.0553. The summed E-state index contributed by atoms with van der Waals surface area (Å²) in [7, 11) is 1.66. The molecule has 0 radical (unpaired) electrons. The molecule has 3 aliphatic heterocycles. The van der Waals surface area contributed by atoms with Crippen LogP contribution in [0.3, 0.4) is 0 Å². The molecule has 0 saturated carbocycles. The molecule has 2 saturated heterocycles. The summed E-state index contributed by atoms with van der Waals surface area (Å²) in [4.78, 5) is 41.6. The van der Waals surface area contributed by atoms with Gasteiger partial charge in [0.05, 0.1) is 18.8 Å². The van der Waals surface area contributed by atoms with Gasteiger partial charge in [0.1, 0.15) is 12.0 Å². The number of anilines is 1. The second-order valence-corrected chi connectivity index (χ2v) is 18.2. The molecule has 3 aromatic carbocycles. The van der Waals surface area contributed by atoms with Crippen LogP contribution in [0.5, 0.6) is 5.75 Å². The smallest absolute Gasteiger partial charge is 0.222 e. The average molecular weight is 905 g/mol. The largest absolute Gasteiger partial charge is 0.494 e. The summed E-state index contributed by atoms with van der Waals surface area (Å²) in [5, 5.41) is 2.60. The van der Waals surface area contributed by atoms with E-state index in [4.69, 9.17) is 14.3 Å². The molecule has 3 heterocycles. The molecular formula is C57H84N4O5. The Kier molecular flexibility index (Phi) is 25.0. The topological polar surface area (TPSA) is 101 Å². The van der Waals surface area contributed by atoms with E-state index >= 15 is 0 Å². The molecule has 0 aromatic heterocycles. The van der Waals surface area contributed by atoms with Crippen molar-refractivity contribution in [2.24, 2.45) is 22.7 Å². The van der Waals surface area contributed by atoms with Gasteiger partial charge in [-0.1, -0.05) is 90.4 Å². The number of aldehydes is 1. The van der Waals surface area contributed by atoms with Crippen molar-refractivity contribution < 1.29 is 23.9 Å². The molecule has 0 bridgehead atoms. The fourth-order valence-electron chi connectivity index (χ4n) is 8.55. The van der Waals surface area contributed by atoms with Crippen LogP contribution in [0, 0.1) is 31.6 Å². The van der Waals surface area contributed by atoms with E-state index in [1.54, 1.807) is 7.05 Å². The van der Waals surface area contributed by atoms with E-state index in [9.17, 15) is 9.59 Å². The second-order valence-electron chi connectivity index (χ2n) is 18.2. The lowest BCUT2D eigenvalue weighted by Crippen LogP contribution is -2.54. The Morgan fingerprint density at radius 3 is 2.14 bits per heavy atom. The number of aliphatic imine (C=N–C) groups is 1. The molecular weight excluding hydrogens is 821 g/mol. The Labute approximate surface area is 399 Å². The molecule has 3 aromatic rings. The van der Waals surface area contributed by atoms with E-state index in [1.165, 1.54) is 52.4 Å². The highest BCUT2D eigenvalue weighted by Gasteiger charge is 2.31. The summed E-state index contributed by atoms with van der Waals surface area (Å²) in [6.45, 7) is 30.6. The van der Waals surface area contributed by atoms with E-state index < -0.39 is 0 Å². The number of nitrogens with one attached hydrogen (secondary N) is 1. The summed E-state index contributed by atoms with van der Waals surface area (Å²) >= 11 is 0. The van der Waals surface area contributed by atoms with Crippen molar-refractivity contribution in [3.63, 3.8) is 0 Å². The number of hydrogen-bond acceptors (Lipinski definition) is 8. The van der Waals surface area contributed by atoms with Crippen LogP contribution in [0.4, 0.5) is 5.69 Å². The van der Waals surface area contributed by atoms with Crippen molar-refractivity contribution in [2.45, 2.75) is 133 Å². The van der Waals surface area contributed by atoms with Crippen molar-refractivity contribution in [3.05, 3.63) is 101 Å². The van der Waals surface area contributed by atoms with Gasteiger partial charge in [-0.05, 0) is 148 Å². The first kappa shape index (κ1) is 55.5. The van der Waals surface area contributed by atoms with Gasteiger partial charge in [0.2, 0.25) is 5.91 Å². The number of unbranched alkanes of at least 4 members (excludes halogenated alkanes) is 2. The molecule has 1 atom stereocenters. The number of carbonyl (C=O) groups is 3. The molecule has 6 rings (SSSR count). The number of rotatable bonds is 19. The maximum Gasteiger partial charge on any atom is 0.222 e. The van der Waals surface area contributed by atoms with E-state index in [-0.39, 0.29) is 23.5 Å². The summed E-state index contributed by atoms with van der Waals surface area (Å²) in [5.74, 6) is 1.83. The molecule has 362 valence electrons. The van der Waals surface area contributed by atoms with Gasteiger partial charge < -0.3 is 29.4 Å². The van der Waals surface area contributed by atoms with Crippen LogP contribution in [0.1, 0.15) is 134 Å². The SMILES string of the molecule is C=CCCC(C)C(=O)NC.CC.CC=O.Cc1cc(OCCCCCN2CCC(OC3CN(c4ccc(-c5ccc(C6=C(C(C)C)CCN=C6)c(C)c5)cc4)C3)CC2)ccc1C(=O)C(C)C. The fraction of sp³-hybridized carbons (Fsp3) is 0.544. The first-order valence-electron chi connectivity index (χ1n) is 24.9. The summed E-state index contributed by atoms with van der Waals surface area (Å²) in [5.41, 5.74) is 11.1. The highest BCUT2D eigenvalue weighted by atomic mass is 16.5. The normalized spacial score (nSPS) is 15.6. The predicted octanol–water partition coefficient (Wildman–Crippen LogP) is 12.2. The maximum absolute atomic E-state index is 12.3. The van der Waals surface area contributed by atoms with Crippen molar-refractivity contribution in [1.82, 2.24) is 10.2 Å². The van der Waals surface area contributed by atoms with Crippen LogP contribution < -0.4 is 15.0 Å². The average Bonchev–Trinajstić information content (AvgIpc) is 3.31. The monoisotopic (exact) mass is 905 g/mol. The highest BCUT2D eigenvalue weighted by molar-refractivity contribution is 6.12. The number of nitrogens with zero attached hydrogens (tertiary/aromatic N) is 3. The number of benzene rings is 3. The molecule has 9 nitrogen and oxygen atoms in total. The van der Waals surface area contributed by atoms with Crippen molar-refractivity contribution in [1.29, 1.82) is 0 Å². The first-order valence-corrected chi connectivity index (χ1v) is 24.9. The fourth-order valence-corrected chi connectivity index (χ4v) is 8.55. The summed E-state index contributed by atoms with van der Waals surface area (Å²) in [6.07, 6.45) is 13.9. The number of amides is 1. The van der Waals surface area contributed by atoms with Crippen LogP contribution >= 0.6 is 0 Å². The van der Waals surface area contributed by atoms with Crippen molar-refractivity contribution >= 4 is 35.5 Å². The lowest BCUT2D eigenvalue weighted by Gasteiger charge is -2.43. The van der Waals surface area contributed by atoms with E-state index in [2.05, 4.69) is 96.1 Å². The van der Waals surface area contributed by atoms with Gasteiger partial charge in [-0.25, -0.2) is 0 Å². The maximum atomic E-state index is 12.3. The van der Waals surface area contributed by atoms with E-state index in [0.717, 1.165) is 114 Å². The standard InChI is InChI=1S/C45H59N3O3.C8H15NO.C2H4O.C2H6/c1-31(2)41-18-21-46-28-44(41)42-16-12-36(26-33(42)5)35-10-13-37(14-11-35)48-29-40(30-48)51-38-19-23-47(24-20-38)22-8-7-9-25-50-39-15-17-43(34(6)27-39)45(49)32(3)4;1-4-5-6-7(2)8(10)9-3;1-2-3;1-2/h10-17,26-28,31-32,38,40H,7-9,18-25,29-30H2,1-6H3;4,7H,1,5-6H2,2-3H3,(H,9,10);2H,1H3;1-2H3. The lowest BCUT2D eigenvalue weighted by atomic mass is 9.87. The van der Waals surface area contributed by atoms with Gasteiger partial charge >= 0.3 is 0 Å². The third-order valence-corrected chi connectivity index (χ3v) is 12.5. The van der Waals surface area contributed by atoms with Crippen LogP contribution in [-0.2, 0) is 14.3 Å². The zero-order valence-electron chi connectivity index (χ0n) is 42.6. The van der Waals surface area contributed by atoms with E-state index in [1.807, 2.05) is 65.8 Å². The molecule has 1 amide bonds. The third-order valence-electron chi connectivity index (χ3n) is 12.5. The molecule has 0 aliphatic carbocycles. The van der Waals surface area contributed by atoms with Crippen LogP contribution in [0.15, 0.2) is 83.9 Å². The van der Waals surface area contributed by atoms with Gasteiger partial charge in [0.15, 0.2) is 5.78 Å². The Balaban J connectivity index is 0.000000670. The van der Waals surface area contributed by atoms with Crippen LogP contribution in [0.25, 0.3) is 16.7 Å². The van der Waals surface area contributed by atoms with Crippen LogP contribution in [0.2, 0.25) is 0 Å². The van der Waals surface area contributed by atoms with Gasteiger partial charge in [-0.15, -0.1) is 6.58 Å². The number of ketones is 1.